The number of fused-ring (bicyclic) bond motifs is 1. The zero-order chi connectivity index (χ0) is 20.3. The van der Waals surface area contributed by atoms with Crippen molar-refractivity contribution in [2.45, 2.75) is 10.6 Å². The first-order chi connectivity index (χ1) is 14.0. The smallest absolute Gasteiger partial charge is 0.256 e. The molecule has 0 aliphatic carbocycles. The Kier molecular flexibility index (Phi) is 5.10. The van der Waals surface area contributed by atoms with Crippen LogP contribution >= 0.6 is 0 Å². The Bertz CT molecular complexity index is 1290. The number of amides is 1. The monoisotopic (exact) mass is 402 g/mol. The Morgan fingerprint density at radius 2 is 1.59 bits per heavy atom. The van der Waals surface area contributed by atoms with Gasteiger partial charge in [0.05, 0.1) is 16.2 Å². The first-order valence-electron chi connectivity index (χ1n) is 9.05. The standard InChI is InChI=1S/C23H18N2O3S/c26-23(25-22-14-13-18-8-4-5-12-21(18)24-22)19-9-6-7-17(15-19)16-29(27,28)20-10-2-1-3-11-20/h1-15H,16H2,(H,24,25,26). The molecule has 5 nitrogen and oxygen atoms in total. The predicted octanol–water partition coefficient (Wildman–Crippen LogP) is 4.46. The van der Waals surface area contributed by atoms with Crippen molar-refractivity contribution in [1.29, 1.82) is 0 Å². The lowest BCUT2D eigenvalue weighted by molar-refractivity contribution is 0.102. The van der Waals surface area contributed by atoms with E-state index in [9.17, 15) is 13.2 Å². The van der Waals surface area contributed by atoms with Crippen LogP contribution in [0.25, 0.3) is 10.9 Å². The molecular weight excluding hydrogens is 384 g/mol. The average Bonchev–Trinajstić information content (AvgIpc) is 2.74. The van der Waals surface area contributed by atoms with Crippen molar-refractivity contribution in [1.82, 2.24) is 4.98 Å². The van der Waals surface area contributed by atoms with E-state index in [0.717, 1.165) is 10.9 Å². The Morgan fingerprint density at radius 1 is 0.828 bits per heavy atom. The third kappa shape index (κ3) is 4.33. The van der Waals surface area contributed by atoms with Crippen LogP contribution in [0.4, 0.5) is 5.82 Å². The first kappa shape index (κ1) is 18.8. The van der Waals surface area contributed by atoms with Gasteiger partial charge in [-0.25, -0.2) is 13.4 Å². The number of carbonyl (C=O) groups is 1. The van der Waals surface area contributed by atoms with E-state index in [1.165, 1.54) is 0 Å². The maximum absolute atomic E-state index is 12.6. The average molecular weight is 402 g/mol. The van der Waals surface area contributed by atoms with Crippen molar-refractivity contribution in [2.75, 3.05) is 5.32 Å². The molecule has 0 atom stereocenters. The summed E-state index contributed by atoms with van der Waals surface area (Å²) in [5.41, 5.74) is 1.71. The number of nitrogens with one attached hydrogen (secondary N) is 1. The molecule has 0 radical (unpaired) electrons. The number of sulfone groups is 1. The SMILES string of the molecule is O=C(Nc1ccc2ccccc2n1)c1cccc(CS(=O)(=O)c2ccccc2)c1. The molecule has 0 fully saturated rings. The molecule has 0 bridgehead atoms. The molecule has 3 aromatic carbocycles. The van der Waals surface area contributed by atoms with E-state index < -0.39 is 9.84 Å². The lowest BCUT2D eigenvalue weighted by Gasteiger charge is -2.08. The Hall–Kier alpha value is -3.51. The summed E-state index contributed by atoms with van der Waals surface area (Å²) < 4.78 is 25.2. The van der Waals surface area contributed by atoms with Crippen LogP contribution < -0.4 is 5.32 Å². The van der Waals surface area contributed by atoms with Crippen LogP contribution in [-0.4, -0.2) is 19.3 Å². The van der Waals surface area contributed by atoms with Gasteiger partial charge in [-0.15, -0.1) is 0 Å². The van der Waals surface area contributed by atoms with E-state index in [4.69, 9.17) is 0 Å². The highest BCUT2D eigenvalue weighted by atomic mass is 32.2. The summed E-state index contributed by atoms with van der Waals surface area (Å²) in [6.07, 6.45) is 0. The highest BCUT2D eigenvalue weighted by Crippen LogP contribution is 2.18. The number of para-hydroxylation sites is 1. The van der Waals surface area contributed by atoms with Gasteiger partial charge < -0.3 is 5.32 Å². The van der Waals surface area contributed by atoms with Crippen molar-refractivity contribution < 1.29 is 13.2 Å². The summed E-state index contributed by atoms with van der Waals surface area (Å²) in [5.74, 6) is -0.0745. The lowest BCUT2D eigenvalue weighted by atomic mass is 10.1. The van der Waals surface area contributed by atoms with Gasteiger partial charge in [0.2, 0.25) is 0 Å². The number of benzene rings is 3. The van der Waals surface area contributed by atoms with Gasteiger partial charge in [-0.1, -0.05) is 48.5 Å². The molecule has 1 N–H and O–H groups in total. The van der Waals surface area contributed by atoms with Gasteiger partial charge in [0, 0.05) is 10.9 Å². The van der Waals surface area contributed by atoms with Crippen LogP contribution in [0.5, 0.6) is 0 Å². The van der Waals surface area contributed by atoms with Gasteiger partial charge in [0.15, 0.2) is 9.84 Å². The second-order valence-electron chi connectivity index (χ2n) is 6.62. The molecular formula is C23H18N2O3S. The van der Waals surface area contributed by atoms with E-state index in [1.54, 1.807) is 60.7 Å². The summed E-state index contributed by atoms with van der Waals surface area (Å²) in [6, 6.07) is 26.2. The highest BCUT2D eigenvalue weighted by molar-refractivity contribution is 7.90. The molecule has 1 aromatic heterocycles. The molecule has 29 heavy (non-hydrogen) atoms. The maximum atomic E-state index is 12.6. The molecule has 6 heteroatoms. The van der Waals surface area contributed by atoms with E-state index in [0.29, 0.717) is 16.9 Å². The van der Waals surface area contributed by atoms with Crippen molar-refractivity contribution in [2.24, 2.45) is 0 Å². The van der Waals surface area contributed by atoms with Gasteiger partial charge in [-0.2, -0.15) is 0 Å². The number of nitrogens with zero attached hydrogens (tertiary/aromatic N) is 1. The molecule has 0 aliphatic rings. The summed E-state index contributed by atoms with van der Waals surface area (Å²) in [6.45, 7) is 0. The Balaban J connectivity index is 1.54. The first-order valence-corrected chi connectivity index (χ1v) is 10.7. The zero-order valence-corrected chi connectivity index (χ0v) is 16.3. The largest absolute Gasteiger partial charge is 0.307 e. The number of pyridine rings is 1. The fraction of sp³-hybridized carbons (Fsp3) is 0.0435. The van der Waals surface area contributed by atoms with Crippen molar-refractivity contribution in [3.63, 3.8) is 0 Å². The molecule has 4 rings (SSSR count). The fourth-order valence-electron chi connectivity index (χ4n) is 3.06. The van der Waals surface area contributed by atoms with Gasteiger partial charge in [0.1, 0.15) is 5.82 Å². The maximum Gasteiger partial charge on any atom is 0.256 e. The van der Waals surface area contributed by atoms with E-state index in [1.807, 2.05) is 30.3 Å². The molecule has 4 aromatic rings. The third-order valence-corrected chi connectivity index (χ3v) is 6.19. The van der Waals surface area contributed by atoms with Crippen LogP contribution in [0.2, 0.25) is 0 Å². The normalized spacial score (nSPS) is 11.3. The van der Waals surface area contributed by atoms with Gasteiger partial charge in [-0.3, -0.25) is 4.79 Å². The minimum absolute atomic E-state index is 0.174. The predicted molar refractivity (Wildman–Crippen MR) is 113 cm³/mol. The van der Waals surface area contributed by atoms with E-state index in [-0.39, 0.29) is 16.6 Å². The third-order valence-electron chi connectivity index (χ3n) is 4.49. The molecule has 0 spiro atoms. The van der Waals surface area contributed by atoms with Crippen molar-refractivity contribution >= 4 is 32.5 Å². The molecule has 0 saturated carbocycles. The topological polar surface area (TPSA) is 76.1 Å². The fourth-order valence-corrected chi connectivity index (χ4v) is 4.41. The number of rotatable bonds is 5. The zero-order valence-electron chi connectivity index (χ0n) is 15.4. The number of aromatic nitrogens is 1. The van der Waals surface area contributed by atoms with Gasteiger partial charge in [-0.05, 0) is 48.0 Å². The summed E-state index contributed by atoms with van der Waals surface area (Å²) in [5, 5.41) is 3.76. The Morgan fingerprint density at radius 3 is 2.41 bits per heavy atom. The van der Waals surface area contributed by atoms with Crippen molar-refractivity contribution in [3.05, 3.63) is 102 Å². The number of hydrogen-bond acceptors (Lipinski definition) is 4. The quantitative estimate of drug-likeness (QED) is 0.535. The van der Waals surface area contributed by atoms with Crippen LogP contribution in [-0.2, 0) is 15.6 Å². The Labute approximate surface area is 169 Å². The summed E-state index contributed by atoms with van der Waals surface area (Å²) >= 11 is 0. The second-order valence-corrected chi connectivity index (χ2v) is 8.61. The number of anilines is 1. The van der Waals surface area contributed by atoms with Crippen LogP contribution in [0.15, 0.2) is 95.9 Å². The van der Waals surface area contributed by atoms with E-state index in [2.05, 4.69) is 10.3 Å². The number of carbonyl (C=O) groups excluding carboxylic acids is 1. The van der Waals surface area contributed by atoms with Gasteiger partial charge >= 0.3 is 0 Å². The molecule has 1 heterocycles. The second kappa shape index (κ2) is 7.85. The molecule has 0 unspecified atom stereocenters. The van der Waals surface area contributed by atoms with Gasteiger partial charge in [0.25, 0.3) is 5.91 Å². The number of hydrogen-bond donors (Lipinski definition) is 1. The van der Waals surface area contributed by atoms with Crippen molar-refractivity contribution in [3.8, 4) is 0 Å². The minimum Gasteiger partial charge on any atom is -0.307 e. The van der Waals surface area contributed by atoms with E-state index >= 15 is 0 Å². The highest BCUT2D eigenvalue weighted by Gasteiger charge is 2.16. The molecule has 0 aliphatic heterocycles. The summed E-state index contributed by atoms with van der Waals surface area (Å²) in [7, 11) is -3.48. The molecule has 144 valence electrons. The molecule has 0 saturated heterocycles. The van der Waals surface area contributed by atoms with Crippen LogP contribution in [0.1, 0.15) is 15.9 Å². The molecule has 1 amide bonds. The van der Waals surface area contributed by atoms with Crippen LogP contribution in [0, 0.1) is 0 Å². The minimum atomic E-state index is -3.48. The summed E-state index contributed by atoms with van der Waals surface area (Å²) in [4.78, 5) is 17.3. The van der Waals surface area contributed by atoms with Crippen LogP contribution in [0.3, 0.4) is 0 Å². The lowest BCUT2D eigenvalue weighted by Crippen LogP contribution is -2.13.